The molecule has 0 atom stereocenters. The van der Waals surface area contributed by atoms with E-state index in [0.717, 1.165) is 11.1 Å². The quantitative estimate of drug-likeness (QED) is 0.619. The van der Waals surface area contributed by atoms with Gasteiger partial charge in [-0.2, -0.15) is 5.26 Å². The summed E-state index contributed by atoms with van der Waals surface area (Å²) in [6, 6.07) is 8.41. The molecule has 0 amide bonds. The molecule has 6 heteroatoms. The molecule has 0 radical (unpaired) electrons. The van der Waals surface area contributed by atoms with E-state index in [-0.39, 0.29) is 10.7 Å². The second-order valence-electron chi connectivity index (χ2n) is 3.92. The Hall–Kier alpha value is -2.45. The minimum atomic E-state index is -0.547. The van der Waals surface area contributed by atoms with Crippen molar-refractivity contribution in [3.05, 3.63) is 56.7 Å². The van der Waals surface area contributed by atoms with E-state index in [0.29, 0.717) is 11.3 Å². The highest BCUT2D eigenvalue weighted by Gasteiger charge is 2.13. The van der Waals surface area contributed by atoms with Crippen LogP contribution in [-0.2, 0) is 0 Å². The average Bonchev–Trinajstić information content (AvgIpc) is 2.39. The van der Waals surface area contributed by atoms with Crippen LogP contribution in [-0.4, -0.2) is 9.91 Å². The highest BCUT2D eigenvalue weighted by atomic mass is 35.5. The van der Waals surface area contributed by atoms with Crippen LogP contribution in [0.2, 0.25) is 5.02 Å². The standard InChI is InChI=1S/C13H8ClN3O2/c1-8-4-9(6-15)2-3-11(8)13-12(14)5-10(7-16-13)17(18)19/h2-5,7H,1H3. The van der Waals surface area contributed by atoms with E-state index < -0.39 is 4.92 Å². The van der Waals surface area contributed by atoms with Crippen LogP contribution in [0.25, 0.3) is 11.3 Å². The van der Waals surface area contributed by atoms with E-state index in [2.05, 4.69) is 4.98 Å². The Morgan fingerprint density at radius 3 is 2.68 bits per heavy atom. The Bertz CT molecular complexity index is 708. The monoisotopic (exact) mass is 273 g/mol. The fourth-order valence-corrected chi connectivity index (χ4v) is 1.99. The largest absolute Gasteiger partial charge is 0.289 e. The molecule has 0 aliphatic carbocycles. The van der Waals surface area contributed by atoms with E-state index in [1.54, 1.807) is 18.2 Å². The van der Waals surface area contributed by atoms with Gasteiger partial charge in [0.15, 0.2) is 0 Å². The Balaban J connectivity index is 2.54. The molecule has 0 spiro atoms. The third kappa shape index (κ3) is 2.54. The molecule has 0 saturated carbocycles. The normalized spacial score (nSPS) is 9.95. The van der Waals surface area contributed by atoms with Crippen LogP contribution < -0.4 is 0 Å². The van der Waals surface area contributed by atoms with Gasteiger partial charge in [-0.3, -0.25) is 10.1 Å². The summed E-state index contributed by atoms with van der Waals surface area (Å²) in [5.41, 5.74) is 2.44. The zero-order chi connectivity index (χ0) is 14.0. The summed E-state index contributed by atoms with van der Waals surface area (Å²) in [5, 5.41) is 19.6. The molecule has 0 N–H and O–H groups in total. The Morgan fingerprint density at radius 1 is 1.42 bits per heavy atom. The van der Waals surface area contributed by atoms with Gasteiger partial charge in [0.25, 0.3) is 5.69 Å². The minimum Gasteiger partial charge on any atom is -0.258 e. The number of nitro groups is 1. The fourth-order valence-electron chi connectivity index (χ4n) is 1.72. The first kappa shape index (κ1) is 13.0. The highest BCUT2D eigenvalue weighted by molar-refractivity contribution is 6.33. The molecule has 0 aliphatic heterocycles. The molecule has 0 bridgehead atoms. The molecule has 1 aromatic carbocycles. The zero-order valence-corrected chi connectivity index (χ0v) is 10.7. The number of rotatable bonds is 2. The van der Waals surface area contributed by atoms with Gasteiger partial charge in [-0.1, -0.05) is 17.7 Å². The van der Waals surface area contributed by atoms with Crippen molar-refractivity contribution in [1.82, 2.24) is 4.98 Å². The maximum atomic E-state index is 10.6. The molecule has 94 valence electrons. The maximum Gasteiger partial charge on any atom is 0.289 e. The molecular weight excluding hydrogens is 266 g/mol. The Labute approximate surface area is 114 Å². The third-order valence-corrected chi connectivity index (χ3v) is 2.94. The van der Waals surface area contributed by atoms with Crippen molar-refractivity contribution in [3.63, 3.8) is 0 Å². The van der Waals surface area contributed by atoms with Crippen molar-refractivity contribution in [2.45, 2.75) is 6.92 Å². The zero-order valence-electron chi connectivity index (χ0n) is 9.92. The van der Waals surface area contributed by atoms with E-state index in [9.17, 15) is 10.1 Å². The van der Waals surface area contributed by atoms with Gasteiger partial charge in [-0.15, -0.1) is 0 Å². The van der Waals surface area contributed by atoms with E-state index in [1.807, 2.05) is 13.0 Å². The molecule has 0 fully saturated rings. The molecule has 0 saturated heterocycles. The van der Waals surface area contributed by atoms with E-state index in [4.69, 9.17) is 16.9 Å². The lowest BCUT2D eigenvalue weighted by atomic mass is 10.0. The molecule has 1 heterocycles. The van der Waals surface area contributed by atoms with Crippen molar-refractivity contribution < 1.29 is 4.92 Å². The van der Waals surface area contributed by atoms with Crippen LogP contribution in [0.3, 0.4) is 0 Å². The summed E-state index contributed by atoms with van der Waals surface area (Å²) >= 11 is 6.02. The maximum absolute atomic E-state index is 10.6. The fraction of sp³-hybridized carbons (Fsp3) is 0.0769. The second kappa shape index (κ2) is 5.04. The Kier molecular flexibility index (Phi) is 3.45. The van der Waals surface area contributed by atoms with Crippen molar-refractivity contribution in [1.29, 1.82) is 5.26 Å². The topological polar surface area (TPSA) is 79.8 Å². The molecule has 2 rings (SSSR count). The van der Waals surface area contributed by atoms with Crippen LogP contribution in [0.1, 0.15) is 11.1 Å². The van der Waals surface area contributed by atoms with Crippen LogP contribution >= 0.6 is 11.6 Å². The van der Waals surface area contributed by atoms with Gasteiger partial charge in [0.05, 0.1) is 27.3 Å². The van der Waals surface area contributed by atoms with Gasteiger partial charge in [0.2, 0.25) is 0 Å². The number of aryl methyl sites for hydroxylation is 1. The number of halogens is 1. The first-order chi connectivity index (χ1) is 9.02. The number of hydrogen-bond acceptors (Lipinski definition) is 4. The molecule has 2 aromatic rings. The molecule has 19 heavy (non-hydrogen) atoms. The van der Waals surface area contributed by atoms with Gasteiger partial charge in [-0.05, 0) is 24.6 Å². The van der Waals surface area contributed by atoms with E-state index in [1.165, 1.54) is 12.3 Å². The lowest BCUT2D eigenvalue weighted by Gasteiger charge is -2.07. The van der Waals surface area contributed by atoms with Gasteiger partial charge in [0, 0.05) is 11.6 Å². The SMILES string of the molecule is Cc1cc(C#N)ccc1-c1ncc([N+](=O)[O-])cc1Cl. The number of nitriles is 1. The number of aromatic nitrogens is 1. The van der Waals surface area contributed by atoms with Crippen molar-refractivity contribution >= 4 is 17.3 Å². The molecule has 5 nitrogen and oxygen atoms in total. The summed E-state index contributed by atoms with van der Waals surface area (Å²) in [6.45, 7) is 1.83. The van der Waals surface area contributed by atoms with Crippen LogP contribution in [0.4, 0.5) is 5.69 Å². The molecule has 0 aliphatic rings. The van der Waals surface area contributed by atoms with Crippen LogP contribution in [0.5, 0.6) is 0 Å². The first-order valence-electron chi connectivity index (χ1n) is 5.34. The molecule has 0 unspecified atom stereocenters. The predicted molar refractivity (Wildman–Crippen MR) is 70.8 cm³/mol. The summed E-state index contributed by atoms with van der Waals surface area (Å²) < 4.78 is 0. The molecular formula is C13H8ClN3O2. The van der Waals surface area contributed by atoms with Gasteiger partial charge < -0.3 is 0 Å². The second-order valence-corrected chi connectivity index (χ2v) is 4.33. The summed E-state index contributed by atoms with van der Waals surface area (Å²) in [6.07, 6.45) is 1.17. The van der Waals surface area contributed by atoms with Crippen molar-refractivity contribution in [2.75, 3.05) is 0 Å². The van der Waals surface area contributed by atoms with Gasteiger partial charge in [0.1, 0.15) is 6.20 Å². The van der Waals surface area contributed by atoms with Gasteiger partial charge >= 0.3 is 0 Å². The number of nitrogens with zero attached hydrogens (tertiary/aromatic N) is 3. The number of pyridine rings is 1. The Morgan fingerprint density at radius 2 is 2.16 bits per heavy atom. The van der Waals surface area contributed by atoms with Crippen molar-refractivity contribution in [2.24, 2.45) is 0 Å². The third-order valence-electron chi connectivity index (χ3n) is 2.65. The summed E-state index contributed by atoms with van der Waals surface area (Å²) in [4.78, 5) is 14.1. The summed E-state index contributed by atoms with van der Waals surface area (Å²) in [5.74, 6) is 0. The van der Waals surface area contributed by atoms with Crippen LogP contribution in [0.15, 0.2) is 30.5 Å². The van der Waals surface area contributed by atoms with Crippen LogP contribution in [0, 0.1) is 28.4 Å². The highest BCUT2D eigenvalue weighted by Crippen LogP contribution is 2.31. The smallest absolute Gasteiger partial charge is 0.258 e. The lowest BCUT2D eigenvalue weighted by molar-refractivity contribution is -0.385. The van der Waals surface area contributed by atoms with E-state index >= 15 is 0 Å². The molecule has 1 aromatic heterocycles. The number of benzene rings is 1. The first-order valence-corrected chi connectivity index (χ1v) is 5.72. The lowest BCUT2D eigenvalue weighted by Crippen LogP contribution is -1.93. The summed E-state index contributed by atoms with van der Waals surface area (Å²) in [7, 11) is 0. The average molecular weight is 274 g/mol. The van der Waals surface area contributed by atoms with Crippen molar-refractivity contribution in [3.8, 4) is 17.3 Å². The number of hydrogen-bond donors (Lipinski definition) is 0. The van der Waals surface area contributed by atoms with Gasteiger partial charge in [-0.25, -0.2) is 4.98 Å². The minimum absolute atomic E-state index is 0.153. The predicted octanol–water partition coefficient (Wildman–Crippen LogP) is 3.49.